The first-order chi connectivity index (χ1) is 6.66. The maximum Gasteiger partial charge on any atom is 0.127 e. The number of rotatable bonds is 4. The maximum atomic E-state index is 5.81. The van der Waals surface area contributed by atoms with Crippen molar-refractivity contribution in [1.82, 2.24) is 0 Å². The molecule has 0 radical (unpaired) electrons. The second-order valence-corrected chi connectivity index (χ2v) is 3.63. The summed E-state index contributed by atoms with van der Waals surface area (Å²) in [5, 5.41) is 0. The highest BCUT2D eigenvalue weighted by atomic mass is 16.5. The van der Waals surface area contributed by atoms with E-state index in [-0.39, 0.29) is 0 Å². The summed E-state index contributed by atoms with van der Waals surface area (Å²) in [6.07, 6.45) is 2.24. The zero-order valence-electron chi connectivity index (χ0n) is 9.26. The van der Waals surface area contributed by atoms with Gasteiger partial charge in [-0.15, -0.1) is 0 Å². The van der Waals surface area contributed by atoms with Crippen molar-refractivity contribution in [1.29, 1.82) is 0 Å². The standard InChI is InChI=1S/C12H19NO/c1-4-5-8-14-12-9(2)6-7-11(13)10(12)3/h6-7H,4-5,8,13H2,1-3H3. The predicted octanol–water partition coefficient (Wildman–Crippen LogP) is 3.06. The average Bonchev–Trinajstić information content (AvgIpc) is 2.18. The highest BCUT2D eigenvalue weighted by Gasteiger charge is 2.05. The van der Waals surface area contributed by atoms with Crippen LogP contribution in [0, 0.1) is 13.8 Å². The molecule has 1 aromatic rings. The average molecular weight is 193 g/mol. The first-order valence-corrected chi connectivity index (χ1v) is 5.15. The molecule has 0 amide bonds. The monoisotopic (exact) mass is 193 g/mol. The van der Waals surface area contributed by atoms with Crippen LogP contribution in [0.4, 0.5) is 5.69 Å². The Morgan fingerprint density at radius 3 is 2.64 bits per heavy atom. The number of ether oxygens (including phenoxy) is 1. The summed E-state index contributed by atoms with van der Waals surface area (Å²) in [6.45, 7) is 6.99. The number of nitrogen functional groups attached to an aromatic ring is 1. The molecule has 0 bridgehead atoms. The number of hydrogen-bond acceptors (Lipinski definition) is 2. The van der Waals surface area contributed by atoms with Crippen molar-refractivity contribution in [2.24, 2.45) is 0 Å². The Hall–Kier alpha value is -1.18. The molecule has 0 fully saturated rings. The Bertz CT molecular complexity index is 307. The molecular weight excluding hydrogens is 174 g/mol. The van der Waals surface area contributed by atoms with Crippen LogP contribution in [-0.4, -0.2) is 6.61 Å². The van der Waals surface area contributed by atoms with Crippen LogP contribution in [0.1, 0.15) is 30.9 Å². The molecule has 0 aliphatic rings. The van der Waals surface area contributed by atoms with Gasteiger partial charge in [0.05, 0.1) is 6.61 Å². The SMILES string of the molecule is CCCCOc1c(C)ccc(N)c1C. The number of unbranched alkanes of at least 4 members (excludes halogenated alkanes) is 1. The Labute approximate surface area is 86.1 Å². The third kappa shape index (κ3) is 2.41. The maximum absolute atomic E-state index is 5.81. The normalized spacial score (nSPS) is 10.2. The molecule has 2 nitrogen and oxygen atoms in total. The minimum atomic E-state index is 0.779. The number of nitrogens with two attached hydrogens (primary N) is 1. The Morgan fingerprint density at radius 1 is 1.29 bits per heavy atom. The lowest BCUT2D eigenvalue weighted by Gasteiger charge is -2.13. The molecule has 0 heterocycles. The van der Waals surface area contributed by atoms with Gasteiger partial charge in [0.15, 0.2) is 0 Å². The molecule has 1 rings (SSSR count). The van der Waals surface area contributed by atoms with Crippen molar-refractivity contribution < 1.29 is 4.74 Å². The fourth-order valence-electron chi connectivity index (χ4n) is 1.38. The molecule has 0 saturated heterocycles. The Balaban J connectivity index is 2.79. The molecule has 14 heavy (non-hydrogen) atoms. The number of hydrogen-bond donors (Lipinski definition) is 1. The van der Waals surface area contributed by atoms with E-state index >= 15 is 0 Å². The van der Waals surface area contributed by atoms with Crippen LogP contribution in [0.2, 0.25) is 0 Å². The number of aryl methyl sites for hydroxylation is 1. The summed E-state index contributed by atoms with van der Waals surface area (Å²) in [6, 6.07) is 3.93. The zero-order valence-corrected chi connectivity index (χ0v) is 9.26. The van der Waals surface area contributed by atoms with Gasteiger partial charge in [-0.2, -0.15) is 0 Å². The van der Waals surface area contributed by atoms with Crippen LogP contribution >= 0.6 is 0 Å². The molecule has 0 spiro atoms. The molecule has 0 saturated carbocycles. The van der Waals surface area contributed by atoms with Gasteiger partial charge in [-0.1, -0.05) is 19.4 Å². The molecule has 0 aliphatic carbocycles. The summed E-state index contributed by atoms with van der Waals surface area (Å²) < 4.78 is 5.71. The second kappa shape index (κ2) is 4.89. The van der Waals surface area contributed by atoms with Gasteiger partial charge in [0.1, 0.15) is 5.75 Å². The third-order valence-electron chi connectivity index (χ3n) is 2.39. The topological polar surface area (TPSA) is 35.2 Å². The summed E-state index contributed by atoms with van der Waals surface area (Å²) >= 11 is 0. The van der Waals surface area contributed by atoms with Gasteiger partial charge in [-0.25, -0.2) is 0 Å². The van der Waals surface area contributed by atoms with Crippen LogP contribution in [-0.2, 0) is 0 Å². The number of anilines is 1. The van der Waals surface area contributed by atoms with Gasteiger partial charge >= 0.3 is 0 Å². The molecule has 0 aliphatic heterocycles. The smallest absolute Gasteiger partial charge is 0.127 e. The second-order valence-electron chi connectivity index (χ2n) is 3.63. The van der Waals surface area contributed by atoms with Crippen molar-refractivity contribution >= 4 is 5.69 Å². The van der Waals surface area contributed by atoms with Crippen molar-refractivity contribution in [3.8, 4) is 5.75 Å². The molecule has 0 aromatic heterocycles. The van der Waals surface area contributed by atoms with Gasteiger partial charge in [-0.05, 0) is 31.9 Å². The molecule has 2 heteroatoms. The Kier molecular flexibility index (Phi) is 3.81. The predicted molar refractivity (Wildman–Crippen MR) is 60.7 cm³/mol. The van der Waals surface area contributed by atoms with E-state index in [0.717, 1.165) is 42.0 Å². The lowest BCUT2D eigenvalue weighted by Crippen LogP contribution is -2.02. The fraction of sp³-hybridized carbons (Fsp3) is 0.500. The summed E-state index contributed by atoms with van der Waals surface area (Å²) in [4.78, 5) is 0. The summed E-state index contributed by atoms with van der Waals surface area (Å²) in [5.74, 6) is 0.957. The quantitative estimate of drug-likeness (QED) is 0.589. The van der Waals surface area contributed by atoms with Crippen LogP contribution in [0.3, 0.4) is 0 Å². The zero-order chi connectivity index (χ0) is 10.6. The van der Waals surface area contributed by atoms with E-state index in [1.54, 1.807) is 0 Å². The minimum Gasteiger partial charge on any atom is -0.493 e. The fourth-order valence-corrected chi connectivity index (χ4v) is 1.38. The highest BCUT2D eigenvalue weighted by Crippen LogP contribution is 2.27. The van der Waals surface area contributed by atoms with Crippen molar-refractivity contribution in [3.63, 3.8) is 0 Å². The highest BCUT2D eigenvalue weighted by molar-refractivity contribution is 5.56. The lowest BCUT2D eigenvalue weighted by molar-refractivity contribution is 0.305. The van der Waals surface area contributed by atoms with Crippen LogP contribution in [0.5, 0.6) is 5.75 Å². The molecule has 2 N–H and O–H groups in total. The van der Waals surface area contributed by atoms with E-state index in [1.165, 1.54) is 0 Å². The van der Waals surface area contributed by atoms with E-state index in [4.69, 9.17) is 10.5 Å². The van der Waals surface area contributed by atoms with E-state index in [2.05, 4.69) is 6.92 Å². The molecule has 78 valence electrons. The molecule has 0 unspecified atom stereocenters. The lowest BCUT2D eigenvalue weighted by atomic mass is 10.1. The van der Waals surface area contributed by atoms with Crippen molar-refractivity contribution in [2.75, 3.05) is 12.3 Å². The van der Waals surface area contributed by atoms with E-state index in [0.29, 0.717) is 0 Å². The summed E-state index contributed by atoms with van der Waals surface area (Å²) in [5.41, 5.74) is 8.84. The Morgan fingerprint density at radius 2 is 2.00 bits per heavy atom. The summed E-state index contributed by atoms with van der Waals surface area (Å²) in [7, 11) is 0. The molecular formula is C12H19NO. The van der Waals surface area contributed by atoms with Crippen molar-refractivity contribution in [2.45, 2.75) is 33.6 Å². The largest absolute Gasteiger partial charge is 0.493 e. The van der Waals surface area contributed by atoms with Gasteiger partial charge in [-0.3, -0.25) is 0 Å². The first kappa shape index (κ1) is 10.9. The van der Waals surface area contributed by atoms with Crippen LogP contribution in [0.15, 0.2) is 12.1 Å². The van der Waals surface area contributed by atoms with E-state index in [9.17, 15) is 0 Å². The first-order valence-electron chi connectivity index (χ1n) is 5.15. The van der Waals surface area contributed by atoms with E-state index < -0.39 is 0 Å². The van der Waals surface area contributed by atoms with Gasteiger partial charge < -0.3 is 10.5 Å². The van der Waals surface area contributed by atoms with Crippen LogP contribution in [0.25, 0.3) is 0 Å². The minimum absolute atomic E-state index is 0.779. The number of benzene rings is 1. The van der Waals surface area contributed by atoms with Gasteiger partial charge in [0.2, 0.25) is 0 Å². The molecule has 1 aromatic carbocycles. The third-order valence-corrected chi connectivity index (χ3v) is 2.39. The van der Waals surface area contributed by atoms with E-state index in [1.807, 2.05) is 26.0 Å². The van der Waals surface area contributed by atoms with Crippen molar-refractivity contribution in [3.05, 3.63) is 23.3 Å². The van der Waals surface area contributed by atoms with Gasteiger partial charge in [0.25, 0.3) is 0 Å². The molecule has 0 atom stereocenters. The van der Waals surface area contributed by atoms with Gasteiger partial charge in [0, 0.05) is 11.3 Å². The van der Waals surface area contributed by atoms with Crippen LogP contribution < -0.4 is 10.5 Å².